The van der Waals surface area contributed by atoms with E-state index in [1.54, 1.807) is 73.1 Å². The molecule has 2 aromatic heterocycles. The first-order valence-corrected chi connectivity index (χ1v) is 10.8. The number of fused-ring (bicyclic) bond motifs is 1. The number of alkyl halides is 3. The van der Waals surface area contributed by atoms with E-state index >= 15 is 0 Å². The van der Waals surface area contributed by atoms with Crippen LogP contribution in [0, 0.1) is 0 Å². The predicted octanol–water partition coefficient (Wildman–Crippen LogP) is 7.23. The first-order chi connectivity index (χ1) is 16.9. The maximum Gasteiger partial charge on any atom is 0.416 e. The molecule has 0 bridgehead atoms. The van der Waals surface area contributed by atoms with E-state index < -0.39 is 17.6 Å². The number of carbonyl (C=O) groups is 1. The lowest BCUT2D eigenvalue weighted by molar-refractivity contribution is -0.137. The molecule has 7 heteroatoms. The van der Waals surface area contributed by atoms with Crippen molar-refractivity contribution in [3.05, 3.63) is 115 Å². The summed E-state index contributed by atoms with van der Waals surface area (Å²) in [5, 5.41) is 3.66. The molecule has 0 saturated carbocycles. The summed E-state index contributed by atoms with van der Waals surface area (Å²) in [5.41, 5.74) is 2.16. The highest BCUT2D eigenvalue weighted by molar-refractivity contribution is 6.12. The van der Waals surface area contributed by atoms with Gasteiger partial charge in [-0.2, -0.15) is 13.2 Å². The molecule has 0 unspecified atom stereocenters. The van der Waals surface area contributed by atoms with Gasteiger partial charge in [-0.25, -0.2) is 0 Å². The number of rotatable bonds is 4. The van der Waals surface area contributed by atoms with Crippen molar-refractivity contribution in [1.29, 1.82) is 0 Å². The number of hydrogen-bond acceptors (Lipinski definition) is 3. The number of halogens is 3. The van der Waals surface area contributed by atoms with Crippen LogP contribution in [-0.2, 0) is 6.18 Å². The summed E-state index contributed by atoms with van der Waals surface area (Å²) in [6.45, 7) is 0. The van der Waals surface area contributed by atoms with Gasteiger partial charge in [-0.3, -0.25) is 14.8 Å². The van der Waals surface area contributed by atoms with Crippen LogP contribution >= 0.6 is 0 Å². The quantitative estimate of drug-likeness (QED) is 0.302. The van der Waals surface area contributed by atoms with E-state index in [4.69, 9.17) is 0 Å². The molecule has 0 saturated heterocycles. The fourth-order valence-electron chi connectivity index (χ4n) is 4.00. The van der Waals surface area contributed by atoms with Crippen LogP contribution in [0.3, 0.4) is 0 Å². The Hall–Kier alpha value is -4.52. The third kappa shape index (κ3) is 4.48. The second-order valence-corrected chi connectivity index (χ2v) is 7.85. The number of aromatic nitrogens is 2. The first kappa shape index (κ1) is 22.3. The zero-order valence-electron chi connectivity index (χ0n) is 18.3. The number of hydrogen-bond donors (Lipinski definition) is 1. The van der Waals surface area contributed by atoms with E-state index in [0.717, 1.165) is 17.5 Å². The molecule has 0 spiro atoms. The SMILES string of the molecule is O=C(Nc1cccc2cccnc12)c1ccc(C(F)(F)F)cc1-c1ccccc1-c1ccccn1. The van der Waals surface area contributed by atoms with E-state index in [1.807, 2.05) is 12.1 Å². The van der Waals surface area contributed by atoms with Gasteiger partial charge in [0.2, 0.25) is 0 Å². The number of amides is 1. The standard InChI is InChI=1S/C28H18F3N3O/c29-28(30,31)19-13-14-22(27(35)34-25-12-5-7-18-8-6-16-33-26(18)25)23(17-19)20-9-1-2-10-21(20)24-11-3-4-15-32-24/h1-17H,(H,34,35). The minimum absolute atomic E-state index is 0.106. The lowest BCUT2D eigenvalue weighted by Gasteiger charge is -2.17. The lowest BCUT2D eigenvalue weighted by Crippen LogP contribution is -2.15. The largest absolute Gasteiger partial charge is 0.416 e. The normalized spacial score (nSPS) is 11.4. The molecule has 172 valence electrons. The summed E-state index contributed by atoms with van der Waals surface area (Å²) in [7, 11) is 0. The summed E-state index contributed by atoms with van der Waals surface area (Å²) in [6.07, 6.45) is -1.34. The topological polar surface area (TPSA) is 54.9 Å². The minimum Gasteiger partial charge on any atom is -0.320 e. The molecule has 0 radical (unpaired) electrons. The number of anilines is 1. The zero-order chi connectivity index (χ0) is 24.4. The molecule has 35 heavy (non-hydrogen) atoms. The van der Waals surface area contributed by atoms with Gasteiger partial charge in [-0.1, -0.05) is 48.5 Å². The highest BCUT2D eigenvalue weighted by atomic mass is 19.4. The molecular weight excluding hydrogens is 451 g/mol. The van der Waals surface area contributed by atoms with Crippen molar-refractivity contribution < 1.29 is 18.0 Å². The number of carbonyl (C=O) groups excluding carboxylic acids is 1. The Morgan fingerprint density at radius 3 is 2.23 bits per heavy atom. The van der Waals surface area contributed by atoms with Crippen LogP contribution in [0.4, 0.5) is 18.9 Å². The van der Waals surface area contributed by atoms with Crippen molar-refractivity contribution in [3.8, 4) is 22.4 Å². The highest BCUT2D eigenvalue weighted by Gasteiger charge is 2.32. The molecule has 2 heterocycles. The van der Waals surface area contributed by atoms with E-state index in [9.17, 15) is 18.0 Å². The van der Waals surface area contributed by atoms with Gasteiger partial charge in [-0.15, -0.1) is 0 Å². The Bertz CT molecular complexity index is 1530. The lowest BCUT2D eigenvalue weighted by atomic mass is 9.91. The van der Waals surface area contributed by atoms with Gasteiger partial charge in [0.05, 0.1) is 22.5 Å². The second kappa shape index (κ2) is 9.02. The summed E-state index contributed by atoms with van der Waals surface area (Å²) < 4.78 is 40.9. The van der Waals surface area contributed by atoms with Crippen molar-refractivity contribution in [2.45, 2.75) is 6.18 Å². The first-order valence-electron chi connectivity index (χ1n) is 10.8. The molecule has 5 aromatic rings. The number of benzene rings is 3. The van der Waals surface area contributed by atoms with E-state index in [2.05, 4.69) is 15.3 Å². The molecule has 5 rings (SSSR count). The molecule has 1 amide bonds. The Morgan fingerprint density at radius 1 is 0.714 bits per heavy atom. The van der Waals surface area contributed by atoms with Gasteiger partial charge in [0, 0.05) is 28.9 Å². The molecule has 0 aliphatic rings. The molecule has 1 N–H and O–H groups in total. The predicted molar refractivity (Wildman–Crippen MR) is 130 cm³/mol. The second-order valence-electron chi connectivity index (χ2n) is 7.85. The third-order valence-electron chi connectivity index (χ3n) is 5.63. The van der Waals surface area contributed by atoms with Crippen LogP contribution in [0.2, 0.25) is 0 Å². The average Bonchev–Trinajstić information content (AvgIpc) is 2.88. The van der Waals surface area contributed by atoms with Crippen LogP contribution in [-0.4, -0.2) is 15.9 Å². The number of nitrogens with one attached hydrogen (secondary N) is 1. The van der Waals surface area contributed by atoms with Gasteiger partial charge < -0.3 is 5.32 Å². The van der Waals surface area contributed by atoms with Crippen LogP contribution in [0.1, 0.15) is 15.9 Å². The van der Waals surface area contributed by atoms with Crippen LogP contribution in [0.15, 0.2) is 103 Å². The summed E-state index contributed by atoms with van der Waals surface area (Å²) in [4.78, 5) is 22.1. The van der Waals surface area contributed by atoms with Gasteiger partial charge >= 0.3 is 6.18 Å². The fraction of sp³-hybridized carbons (Fsp3) is 0.0357. The molecule has 0 aliphatic carbocycles. The zero-order valence-corrected chi connectivity index (χ0v) is 18.3. The fourth-order valence-corrected chi connectivity index (χ4v) is 4.00. The van der Waals surface area contributed by atoms with Crippen LogP contribution in [0.5, 0.6) is 0 Å². The molecule has 4 nitrogen and oxygen atoms in total. The Labute approximate surface area is 199 Å². The van der Waals surface area contributed by atoms with Crippen molar-refractivity contribution in [2.75, 3.05) is 5.32 Å². The summed E-state index contributed by atoms with van der Waals surface area (Å²) >= 11 is 0. The van der Waals surface area contributed by atoms with Crippen molar-refractivity contribution in [1.82, 2.24) is 9.97 Å². The van der Waals surface area contributed by atoms with Crippen LogP contribution < -0.4 is 5.32 Å². The molecule has 3 aromatic carbocycles. The van der Waals surface area contributed by atoms with E-state index in [-0.39, 0.29) is 11.1 Å². The smallest absolute Gasteiger partial charge is 0.320 e. The minimum atomic E-state index is -4.57. The summed E-state index contributed by atoms with van der Waals surface area (Å²) in [5.74, 6) is -0.539. The number of para-hydroxylation sites is 1. The van der Waals surface area contributed by atoms with Gasteiger partial charge in [0.25, 0.3) is 5.91 Å². The third-order valence-corrected chi connectivity index (χ3v) is 5.63. The van der Waals surface area contributed by atoms with E-state index in [1.165, 1.54) is 6.07 Å². The Kier molecular flexibility index (Phi) is 5.74. The molecule has 0 atom stereocenters. The number of pyridine rings is 2. The molecule has 0 fully saturated rings. The molecule has 0 aliphatic heterocycles. The monoisotopic (exact) mass is 469 g/mol. The van der Waals surface area contributed by atoms with Crippen molar-refractivity contribution in [3.63, 3.8) is 0 Å². The van der Waals surface area contributed by atoms with Gasteiger partial charge in [-0.05, 0) is 53.6 Å². The molecular formula is C28H18F3N3O. The van der Waals surface area contributed by atoms with Gasteiger partial charge in [0.1, 0.15) is 0 Å². The van der Waals surface area contributed by atoms with Crippen LogP contribution in [0.25, 0.3) is 33.3 Å². The Morgan fingerprint density at radius 2 is 1.46 bits per heavy atom. The maximum absolute atomic E-state index is 13.6. The maximum atomic E-state index is 13.6. The van der Waals surface area contributed by atoms with Crippen molar-refractivity contribution >= 4 is 22.5 Å². The number of nitrogens with zero attached hydrogens (tertiary/aromatic N) is 2. The van der Waals surface area contributed by atoms with Gasteiger partial charge in [0.15, 0.2) is 0 Å². The Balaban J connectivity index is 1.65. The van der Waals surface area contributed by atoms with Crippen molar-refractivity contribution in [2.24, 2.45) is 0 Å². The average molecular weight is 469 g/mol. The van der Waals surface area contributed by atoms with E-state index in [0.29, 0.717) is 28.0 Å². The highest BCUT2D eigenvalue weighted by Crippen LogP contribution is 2.38. The summed E-state index contributed by atoms with van der Waals surface area (Å²) in [6, 6.07) is 24.4.